The molecule has 0 atom stereocenters. The van der Waals surface area contributed by atoms with Crippen LogP contribution in [-0.4, -0.2) is 31.6 Å². The lowest BCUT2D eigenvalue weighted by Gasteiger charge is -2.09. The van der Waals surface area contributed by atoms with E-state index in [1.54, 1.807) is 0 Å². The number of halogens is 2. The van der Waals surface area contributed by atoms with Crippen molar-refractivity contribution >= 4 is 27.8 Å². The summed E-state index contributed by atoms with van der Waals surface area (Å²) in [5, 5.41) is 2.56. The van der Waals surface area contributed by atoms with Gasteiger partial charge in [-0.15, -0.1) is 0 Å². The minimum Gasteiger partial charge on any atom is -0.492 e. The summed E-state index contributed by atoms with van der Waals surface area (Å²) >= 11 is 3.10. The fraction of sp³-hybridized carbons (Fsp3) is 0.222. The number of amides is 1. The molecule has 2 aromatic carbocycles. The van der Waals surface area contributed by atoms with E-state index in [9.17, 15) is 14.0 Å². The van der Waals surface area contributed by atoms with Gasteiger partial charge >= 0.3 is 5.97 Å². The van der Waals surface area contributed by atoms with Gasteiger partial charge in [-0.3, -0.25) is 4.79 Å². The lowest BCUT2D eigenvalue weighted by molar-refractivity contribution is -0.124. The average Bonchev–Trinajstić information content (AvgIpc) is 2.56. The Balaban J connectivity index is 1.69. The zero-order chi connectivity index (χ0) is 18.2. The highest BCUT2D eigenvalue weighted by Crippen LogP contribution is 2.16. The maximum Gasteiger partial charge on any atom is 0.341 e. The van der Waals surface area contributed by atoms with E-state index in [1.165, 1.54) is 12.1 Å². The van der Waals surface area contributed by atoms with Gasteiger partial charge in [0.05, 0.1) is 12.1 Å². The molecule has 2 aromatic rings. The normalized spacial score (nSPS) is 10.2. The monoisotopic (exact) mass is 409 g/mol. The number of hydrogen-bond donors (Lipinski definition) is 1. The van der Waals surface area contributed by atoms with Crippen LogP contribution in [0.1, 0.15) is 15.9 Å². The number of carbonyl (C=O) groups excluding carboxylic acids is 2. The van der Waals surface area contributed by atoms with E-state index >= 15 is 0 Å². The summed E-state index contributed by atoms with van der Waals surface area (Å²) in [4.78, 5) is 23.4. The van der Waals surface area contributed by atoms with Gasteiger partial charge in [0.25, 0.3) is 5.91 Å². The summed E-state index contributed by atoms with van der Waals surface area (Å²) in [6, 6.07) is 11.5. The zero-order valence-corrected chi connectivity index (χ0v) is 15.1. The number of carbonyl (C=O) groups is 2. The highest BCUT2D eigenvalue weighted by Gasteiger charge is 2.14. The van der Waals surface area contributed by atoms with E-state index in [1.807, 2.05) is 31.2 Å². The third-order valence-corrected chi connectivity index (χ3v) is 3.66. The van der Waals surface area contributed by atoms with Gasteiger partial charge in [0.1, 0.15) is 18.2 Å². The van der Waals surface area contributed by atoms with Gasteiger partial charge in [-0.2, -0.15) is 0 Å². The van der Waals surface area contributed by atoms with Crippen LogP contribution < -0.4 is 10.1 Å². The lowest BCUT2D eigenvalue weighted by atomic mass is 10.2. The van der Waals surface area contributed by atoms with Crippen LogP contribution in [0.4, 0.5) is 4.39 Å². The molecule has 5 nitrogen and oxygen atoms in total. The molecule has 0 aliphatic carbocycles. The van der Waals surface area contributed by atoms with Crippen LogP contribution in [0.15, 0.2) is 46.9 Å². The quantitative estimate of drug-likeness (QED) is 0.562. The van der Waals surface area contributed by atoms with Gasteiger partial charge in [0.2, 0.25) is 0 Å². The van der Waals surface area contributed by atoms with Gasteiger partial charge in [-0.25, -0.2) is 9.18 Å². The van der Waals surface area contributed by atoms with Crippen LogP contribution in [0, 0.1) is 12.7 Å². The minimum absolute atomic E-state index is 0.223. The molecule has 1 amide bonds. The summed E-state index contributed by atoms with van der Waals surface area (Å²) < 4.78 is 24.4. The van der Waals surface area contributed by atoms with Crippen LogP contribution in [0.25, 0.3) is 0 Å². The highest BCUT2D eigenvalue weighted by atomic mass is 79.9. The van der Waals surface area contributed by atoms with E-state index in [4.69, 9.17) is 9.47 Å². The van der Waals surface area contributed by atoms with Crippen molar-refractivity contribution in [1.29, 1.82) is 0 Å². The summed E-state index contributed by atoms with van der Waals surface area (Å²) in [5.74, 6) is -1.38. The molecule has 2 rings (SSSR count). The van der Waals surface area contributed by atoms with Crippen LogP contribution in [0.5, 0.6) is 5.75 Å². The molecule has 0 unspecified atom stereocenters. The maximum atomic E-state index is 13.6. The topological polar surface area (TPSA) is 64.6 Å². The van der Waals surface area contributed by atoms with E-state index < -0.39 is 24.3 Å². The smallest absolute Gasteiger partial charge is 0.341 e. The highest BCUT2D eigenvalue weighted by molar-refractivity contribution is 9.10. The third kappa shape index (κ3) is 6.19. The first-order chi connectivity index (χ1) is 12.0. The summed E-state index contributed by atoms with van der Waals surface area (Å²) in [6.07, 6.45) is 0. The van der Waals surface area contributed by atoms with Crippen molar-refractivity contribution in [2.75, 3.05) is 19.8 Å². The largest absolute Gasteiger partial charge is 0.492 e. The van der Waals surface area contributed by atoms with Gasteiger partial charge in [0, 0.05) is 4.47 Å². The molecule has 0 spiro atoms. The Morgan fingerprint density at radius 1 is 1.20 bits per heavy atom. The number of nitrogens with one attached hydrogen (secondary N) is 1. The van der Waals surface area contributed by atoms with Crippen molar-refractivity contribution in [2.45, 2.75) is 6.92 Å². The molecule has 0 radical (unpaired) electrons. The number of aryl methyl sites for hydroxylation is 1. The second-order valence-electron chi connectivity index (χ2n) is 5.22. The molecular weight excluding hydrogens is 393 g/mol. The molecule has 0 bridgehead atoms. The summed E-state index contributed by atoms with van der Waals surface area (Å²) in [6.45, 7) is 2.01. The van der Waals surface area contributed by atoms with Crippen molar-refractivity contribution in [2.24, 2.45) is 0 Å². The number of rotatable bonds is 7. The van der Waals surface area contributed by atoms with Gasteiger partial charge in [0.15, 0.2) is 6.61 Å². The van der Waals surface area contributed by atoms with E-state index in [0.717, 1.165) is 11.6 Å². The van der Waals surface area contributed by atoms with Crippen molar-refractivity contribution in [1.82, 2.24) is 5.32 Å². The van der Waals surface area contributed by atoms with Crippen molar-refractivity contribution in [3.05, 3.63) is 63.9 Å². The maximum absolute atomic E-state index is 13.6. The summed E-state index contributed by atoms with van der Waals surface area (Å²) in [5.41, 5.74) is 0.854. The molecule has 0 aliphatic rings. The molecule has 132 valence electrons. The van der Waals surface area contributed by atoms with Crippen LogP contribution >= 0.6 is 15.9 Å². The van der Waals surface area contributed by atoms with Crippen molar-refractivity contribution < 1.29 is 23.5 Å². The number of ether oxygens (including phenoxy) is 2. The van der Waals surface area contributed by atoms with E-state index in [0.29, 0.717) is 10.2 Å². The first-order valence-corrected chi connectivity index (χ1v) is 8.33. The fourth-order valence-electron chi connectivity index (χ4n) is 1.98. The lowest BCUT2D eigenvalue weighted by Crippen LogP contribution is -2.32. The zero-order valence-electron chi connectivity index (χ0n) is 13.6. The molecule has 0 saturated heterocycles. The molecule has 25 heavy (non-hydrogen) atoms. The molecule has 7 heteroatoms. The second-order valence-corrected chi connectivity index (χ2v) is 6.13. The Morgan fingerprint density at radius 2 is 2.00 bits per heavy atom. The Kier molecular flexibility index (Phi) is 6.94. The Morgan fingerprint density at radius 3 is 2.72 bits per heavy atom. The van der Waals surface area contributed by atoms with Gasteiger partial charge in [-0.05, 0) is 42.8 Å². The molecule has 0 aromatic heterocycles. The van der Waals surface area contributed by atoms with Crippen LogP contribution in [0.2, 0.25) is 0 Å². The second kappa shape index (κ2) is 9.17. The van der Waals surface area contributed by atoms with E-state index in [-0.39, 0.29) is 18.7 Å². The fourth-order valence-corrected chi connectivity index (χ4v) is 2.31. The number of esters is 1. The molecule has 0 fully saturated rings. The predicted octanol–water partition coefficient (Wildman–Crippen LogP) is 3.25. The average molecular weight is 410 g/mol. The Bertz CT molecular complexity index is 766. The van der Waals surface area contributed by atoms with Gasteiger partial charge < -0.3 is 14.8 Å². The van der Waals surface area contributed by atoms with Crippen LogP contribution in [0.3, 0.4) is 0 Å². The summed E-state index contributed by atoms with van der Waals surface area (Å²) in [7, 11) is 0. The minimum atomic E-state index is -0.892. The third-order valence-electron chi connectivity index (χ3n) is 3.17. The Hall–Kier alpha value is -2.41. The van der Waals surface area contributed by atoms with Crippen LogP contribution in [-0.2, 0) is 9.53 Å². The van der Waals surface area contributed by atoms with E-state index in [2.05, 4.69) is 21.2 Å². The molecule has 0 saturated carbocycles. The molecule has 0 heterocycles. The number of benzene rings is 2. The molecule has 1 N–H and O–H groups in total. The number of hydrogen-bond acceptors (Lipinski definition) is 4. The SMILES string of the molecule is Cc1cccc(OCCNC(=O)COC(=O)c2ccc(Br)cc2F)c1. The van der Waals surface area contributed by atoms with Gasteiger partial charge in [-0.1, -0.05) is 28.1 Å². The van der Waals surface area contributed by atoms with Crippen molar-refractivity contribution in [3.8, 4) is 5.75 Å². The first kappa shape index (κ1) is 18.9. The molecular formula is C18H17BrFNO4. The standard InChI is InChI=1S/C18H17BrFNO4/c1-12-3-2-4-14(9-12)24-8-7-21-17(22)11-25-18(23)15-6-5-13(19)10-16(15)20/h2-6,9-10H,7-8,11H2,1H3,(H,21,22). The Labute approximate surface area is 153 Å². The first-order valence-electron chi connectivity index (χ1n) is 7.54. The van der Waals surface area contributed by atoms with Crippen molar-refractivity contribution in [3.63, 3.8) is 0 Å². The predicted molar refractivity (Wildman–Crippen MR) is 94.1 cm³/mol. The molecule has 0 aliphatic heterocycles.